The Morgan fingerprint density at radius 1 is 1.04 bits per heavy atom. The Morgan fingerprint density at radius 2 is 1.70 bits per heavy atom. The van der Waals surface area contributed by atoms with E-state index >= 15 is 0 Å². The maximum absolute atomic E-state index is 11.3. The van der Waals surface area contributed by atoms with E-state index in [0.717, 1.165) is 16.9 Å². The van der Waals surface area contributed by atoms with Crippen molar-refractivity contribution in [2.75, 3.05) is 0 Å². The summed E-state index contributed by atoms with van der Waals surface area (Å²) >= 11 is 0. The van der Waals surface area contributed by atoms with Gasteiger partial charge in [-0.05, 0) is 23.3 Å². The van der Waals surface area contributed by atoms with E-state index in [2.05, 4.69) is 5.32 Å². The molecular formula is C18H20N2O3. The topological polar surface area (TPSA) is 81.4 Å². The minimum absolute atomic E-state index is 0.281. The monoisotopic (exact) mass is 312 g/mol. The molecule has 0 bridgehead atoms. The average Bonchev–Trinajstić information content (AvgIpc) is 2.54. The van der Waals surface area contributed by atoms with E-state index in [1.807, 2.05) is 54.6 Å². The predicted molar refractivity (Wildman–Crippen MR) is 87.7 cm³/mol. The third-order valence-electron chi connectivity index (χ3n) is 3.33. The smallest absolute Gasteiger partial charge is 0.240 e. The van der Waals surface area contributed by atoms with Gasteiger partial charge in [0, 0.05) is 13.3 Å². The number of carbonyl (C=O) groups excluding carboxylic acids is 2. The summed E-state index contributed by atoms with van der Waals surface area (Å²) in [7, 11) is 0. The molecule has 0 fully saturated rings. The molecule has 3 N–H and O–H groups in total. The number of hydrogen-bond acceptors (Lipinski definition) is 3. The van der Waals surface area contributed by atoms with Gasteiger partial charge in [0.2, 0.25) is 11.8 Å². The lowest BCUT2D eigenvalue weighted by Crippen LogP contribution is -2.44. The van der Waals surface area contributed by atoms with Crippen LogP contribution in [0.15, 0.2) is 54.6 Å². The van der Waals surface area contributed by atoms with Crippen LogP contribution in [-0.4, -0.2) is 17.9 Å². The first kappa shape index (κ1) is 16.5. The quantitative estimate of drug-likeness (QED) is 0.818. The SMILES string of the molecule is CC(=O)N[C@H](Cc1ccc(OCc2ccccc2)cc1)C(N)=O. The predicted octanol–water partition coefficient (Wildman–Crippen LogP) is 1.80. The second kappa shape index (κ2) is 7.98. The van der Waals surface area contributed by atoms with Gasteiger partial charge < -0.3 is 15.8 Å². The maximum atomic E-state index is 11.3. The summed E-state index contributed by atoms with van der Waals surface area (Å²) in [5, 5.41) is 2.54. The number of benzene rings is 2. The summed E-state index contributed by atoms with van der Waals surface area (Å²) in [6.07, 6.45) is 0.355. The van der Waals surface area contributed by atoms with E-state index in [1.54, 1.807) is 0 Å². The Labute approximate surface area is 135 Å². The first-order chi connectivity index (χ1) is 11.0. The molecule has 5 heteroatoms. The van der Waals surface area contributed by atoms with Crippen molar-refractivity contribution in [3.05, 3.63) is 65.7 Å². The van der Waals surface area contributed by atoms with E-state index in [0.29, 0.717) is 13.0 Å². The number of nitrogens with two attached hydrogens (primary N) is 1. The first-order valence-corrected chi connectivity index (χ1v) is 7.36. The van der Waals surface area contributed by atoms with Gasteiger partial charge in [0.05, 0.1) is 0 Å². The van der Waals surface area contributed by atoms with Crippen molar-refractivity contribution in [1.29, 1.82) is 0 Å². The number of amides is 2. The normalized spacial score (nSPS) is 11.5. The fourth-order valence-electron chi connectivity index (χ4n) is 2.17. The molecule has 0 aliphatic rings. The van der Waals surface area contributed by atoms with Crippen LogP contribution in [0.4, 0.5) is 0 Å². The Bertz CT molecular complexity index is 654. The van der Waals surface area contributed by atoms with Gasteiger partial charge in [-0.15, -0.1) is 0 Å². The number of hydrogen-bond donors (Lipinski definition) is 2. The fraction of sp³-hybridized carbons (Fsp3) is 0.222. The summed E-state index contributed by atoms with van der Waals surface area (Å²) in [6.45, 7) is 1.85. The van der Waals surface area contributed by atoms with Crippen LogP contribution in [0.25, 0.3) is 0 Å². The van der Waals surface area contributed by atoms with Gasteiger partial charge in [0.25, 0.3) is 0 Å². The van der Waals surface area contributed by atoms with Gasteiger partial charge in [-0.3, -0.25) is 9.59 Å². The second-order valence-corrected chi connectivity index (χ2v) is 5.28. The van der Waals surface area contributed by atoms with Crippen LogP contribution < -0.4 is 15.8 Å². The molecular weight excluding hydrogens is 292 g/mol. The highest BCUT2D eigenvalue weighted by Crippen LogP contribution is 2.15. The first-order valence-electron chi connectivity index (χ1n) is 7.36. The minimum Gasteiger partial charge on any atom is -0.489 e. The van der Waals surface area contributed by atoms with Gasteiger partial charge in [0.15, 0.2) is 0 Å². The molecule has 1 atom stereocenters. The van der Waals surface area contributed by atoms with Crippen LogP contribution in [0.1, 0.15) is 18.1 Å². The average molecular weight is 312 g/mol. The molecule has 0 unspecified atom stereocenters. The standard InChI is InChI=1S/C18H20N2O3/c1-13(21)20-17(18(19)22)11-14-7-9-16(10-8-14)23-12-15-5-3-2-4-6-15/h2-10,17H,11-12H2,1H3,(H2,19,22)(H,20,21)/t17-/m1/s1. The number of ether oxygens (including phenoxy) is 1. The molecule has 0 saturated heterocycles. The van der Waals surface area contributed by atoms with Crippen molar-refractivity contribution in [3.63, 3.8) is 0 Å². The second-order valence-electron chi connectivity index (χ2n) is 5.28. The lowest BCUT2D eigenvalue weighted by Gasteiger charge is -2.14. The number of rotatable bonds is 7. The molecule has 0 heterocycles. The summed E-state index contributed by atoms with van der Waals surface area (Å²) in [5.74, 6) is -0.0889. The molecule has 0 spiro atoms. The largest absolute Gasteiger partial charge is 0.489 e. The van der Waals surface area contributed by atoms with E-state index in [9.17, 15) is 9.59 Å². The Balaban J connectivity index is 1.93. The van der Waals surface area contributed by atoms with Crippen molar-refractivity contribution in [3.8, 4) is 5.75 Å². The third-order valence-corrected chi connectivity index (χ3v) is 3.33. The zero-order valence-electron chi connectivity index (χ0n) is 13.0. The molecule has 0 aliphatic heterocycles. The van der Waals surface area contributed by atoms with Crippen LogP contribution in [0, 0.1) is 0 Å². The Kier molecular flexibility index (Phi) is 5.74. The highest BCUT2D eigenvalue weighted by atomic mass is 16.5. The number of carbonyl (C=O) groups is 2. The van der Waals surface area contributed by atoms with E-state index in [-0.39, 0.29) is 5.91 Å². The van der Waals surface area contributed by atoms with Crippen molar-refractivity contribution in [2.24, 2.45) is 5.73 Å². The minimum atomic E-state index is -0.705. The molecule has 5 nitrogen and oxygen atoms in total. The van der Waals surface area contributed by atoms with Crippen LogP contribution in [0.3, 0.4) is 0 Å². The molecule has 120 valence electrons. The summed E-state index contributed by atoms with van der Waals surface area (Å²) in [4.78, 5) is 22.4. The molecule has 2 aromatic carbocycles. The van der Waals surface area contributed by atoms with Gasteiger partial charge in [-0.2, -0.15) is 0 Å². The zero-order chi connectivity index (χ0) is 16.7. The Morgan fingerprint density at radius 3 is 2.26 bits per heavy atom. The molecule has 2 amide bonds. The number of primary amides is 1. The van der Waals surface area contributed by atoms with Crippen LogP contribution in [-0.2, 0) is 22.6 Å². The van der Waals surface area contributed by atoms with E-state index < -0.39 is 11.9 Å². The van der Waals surface area contributed by atoms with Crippen molar-refractivity contribution in [2.45, 2.75) is 26.0 Å². The van der Waals surface area contributed by atoms with Crippen LogP contribution >= 0.6 is 0 Å². The van der Waals surface area contributed by atoms with Gasteiger partial charge in [-0.1, -0.05) is 42.5 Å². The van der Waals surface area contributed by atoms with Crippen molar-refractivity contribution >= 4 is 11.8 Å². The molecule has 23 heavy (non-hydrogen) atoms. The molecule has 2 rings (SSSR count). The fourth-order valence-corrected chi connectivity index (χ4v) is 2.17. The Hall–Kier alpha value is -2.82. The molecule has 0 saturated carbocycles. The van der Waals surface area contributed by atoms with Crippen LogP contribution in [0.5, 0.6) is 5.75 Å². The highest BCUT2D eigenvalue weighted by molar-refractivity contribution is 5.85. The zero-order valence-corrected chi connectivity index (χ0v) is 13.0. The number of nitrogens with one attached hydrogen (secondary N) is 1. The summed E-state index contributed by atoms with van der Waals surface area (Å²) in [6, 6.07) is 16.6. The van der Waals surface area contributed by atoms with Crippen LogP contribution in [0.2, 0.25) is 0 Å². The lowest BCUT2D eigenvalue weighted by molar-refractivity contribution is -0.126. The maximum Gasteiger partial charge on any atom is 0.240 e. The molecule has 0 aromatic heterocycles. The van der Waals surface area contributed by atoms with Gasteiger partial charge in [0.1, 0.15) is 18.4 Å². The van der Waals surface area contributed by atoms with Crippen molar-refractivity contribution in [1.82, 2.24) is 5.32 Å². The molecule has 0 aliphatic carbocycles. The van der Waals surface area contributed by atoms with Gasteiger partial charge >= 0.3 is 0 Å². The molecule has 2 aromatic rings. The summed E-state index contributed by atoms with van der Waals surface area (Å²) in [5.41, 5.74) is 7.29. The molecule has 0 radical (unpaired) electrons. The van der Waals surface area contributed by atoms with Gasteiger partial charge in [-0.25, -0.2) is 0 Å². The third kappa shape index (κ3) is 5.47. The summed E-state index contributed by atoms with van der Waals surface area (Å²) < 4.78 is 5.70. The van der Waals surface area contributed by atoms with E-state index in [4.69, 9.17) is 10.5 Å². The lowest BCUT2D eigenvalue weighted by atomic mass is 10.1. The van der Waals surface area contributed by atoms with E-state index in [1.165, 1.54) is 6.92 Å². The van der Waals surface area contributed by atoms with Crippen molar-refractivity contribution < 1.29 is 14.3 Å². The highest BCUT2D eigenvalue weighted by Gasteiger charge is 2.16.